The summed E-state index contributed by atoms with van der Waals surface area (Å²) in [7, 11) is 0. The number of carbonyl (C=O) groups is 1. The Morgan fingerprint density at radius 1 is 1.53 bits per heavy atom. The van der Waals surface area contributed by atoms with Crippen molar-refractivity contribution >= 4 is 21.9 Å². The third kappa shape index (κ3) is 4.09. The Balaban J connectivity index is 2.79. The molecule has 0 fully saturated rings. The molecular formula is C12H16BrNO3. The summed E-state index contributed by atoms with van der Waals surface area (Å²) in [6.45, 7) is 1.99. The highest BCUT2D eigenvalue weighted by Crippen LogP contribution is 2.26. The second-order valence-corrected chi connectivity index (χ2v) is 4.85. The number of carboxylic acid groups (broad SMARTS) is 1. The summed E-state index contributed by atoms with van der Waals surface area (Å²) in [5.41, 5.74) is 0.400. The Labute approximate surface area is 109 Å². The largest absolute Gasteiger partial charge is 0.481 e. The van der Waals surface area contributed by atoms with Crippen LogP contribution in [0, 0.1) is 5.92 Å². The molecule has 2 N–H and O–H groups in total. The summed E-state index contributed by atoms with van der Waals surface area (Å²) >= 11 is 3.24. The van der Waals surface area contributed by atoms with Crippen LogP contribution in [-0.2, 0) is 4.79 Å². The maximum Gasteiger partial charge on any atom is 0.309 e. The highest BCUT2D eigenvalue weighted by atomic mass is 79.9. The SMILES string of the molecule is CCCCC(C(=O)O)C(O)c1ccc(Br)cn1. The second kappa shape index (κ2) is 6.71. The van der Waals surface area contributed by atoms with Crippen molar-refractivity contribution in [3.05, 3.63) is 28.5 Å². The monoisotopic (exact) mass is 301 g/mol. The lowest BCUT2D eigenvalue weighted by atomic mass is 9.94. The molecule has 0 saturated heterocycles. The van der Waals surface area contributed by atoms with Crippen LogP contribution in [0.3, 0.4) is 0 Å². The Kier molecular flexibility index (Phi) is 5.58. The molecule has 1 aromatic rings. The molecule has 0 bridgehead atoms. The number of aromatic nitrogens is 1. The van der Waals surface area contributed by atoms with Crippen LogP contribution in [0.15, 0.2) is 22.8 Å². The van der Waals surface area contributed by atoms with Crippen LogP contribution in [0.5, 0.6) is 0 Å². The molecule has 1 heterocycles. The molecule has 0 spiro atoms. The first-order valence-corrected chi connectivity index (χ1v) is 6.38. The zero-order valence-corrected chi connectivity index (χ0v) is 11.2. The Hall–Kier alpha value is -0.940. The van der Waals surface area contributed by atoms with E-state index in [0.717, 1.165) is 17.3 Å². The summed E-state index contributed by atoms with van der Waals surface area (Å²) in [5, 5.41) is 19.1. The van der Waals surface area contributed by atoms with E-state index in [1.54, 1.807) is 18.3 Å². The van der Waals surface area contributed by atoms with Gasteiger partial charge in [0, 0.05) is 10.7 Å². The van der Waals surface area contributed by atoms with Gasteiger partial charge >= 0.3 is 5.97 Å². The summed E-state index contributed by atoms with van der Waals surface area (Å²) in [4.78, 5) is 15.1. The first-order chi connectivity index (χ1) is 8.06. The lowest BCUT2D eigenvalue weighted by Crippen LogP contribution is -2.22. The van der Waals surface area contributed by atoms with E-state index in [1.807, 2.05) is 6.92 Å². The van der Waals surface area contributed by atoms with E-state index in [9.17, 15) is 9.90 Å². The third-order valence-electron chi connectivity index (χ3n) is 2.62. The van der Waals surface area contributed by atoms with Gasteiger partial charge < -0.3 is 10.2 Å². The molecule has 0 aromatic carbocycles. The fourth-order valence-corrected chi connectivity index (χ4v) is 1.84. The number of aliphatic hydroxyl groups is 1. The molecule has 2 atom stereocenters. The second-order valence-electron chi connectivity index (χ2n) is 3.93. The highest BCUT2D eigenvalue weighted by molar-refractivity contribution is 9.10. The van der Waals surface area contributed by atoms with Gasteiger partial charge in [-0.1, -0.05) is 19.8 Å². The molecule has 1 rings (SSSR count). The number of aliphatic carboxylic acids is 1. The average Bonchev–Trinajstić information content (AvgIpc) is 2.29. The van der Waals surface area contributed by atoms with Crippen molar-refractivity contribution in [1.29, 1.82) is 0 Å². The number of rotatable bonds is 6. The predicted octanol–water partition coefficient (Wildman–Crippen LogP) is 2.77. The Morgan fingerprint density at radius 2 is 2.24 bits per heavy atom. The van der Waals surface area contributed by atoms with E-state index < -0.39 is 18.0 Å². The number of unbranched alkanes of at least 4 members (excludes halogenated alkanes) is 1. The molecule has 0 radical (unpaired) electrons. The van der Waals surface area contributed by atoms with Gasteiger partial charge in [0.05, 0.1) is 11.6 Å². The maximum atomic E-state index is 11.1. The van der Waals surface area contributed by atoms with Gasteiger partial charge in [0.2, 0.25) is 0 Å². The highest BCUT2D eigenvalue weighted by Gasteiger charge is 2.27. The van der Waals surface area contributed by atoms with Gasteiger partial charge in [-0.05, 0) is 34.5 Å². The van der Waals surface area contributed by atoms with Gasteiger partial charge in [-0.15, -0.1) is 0 Å². The van der Waals surface area contributed by atoms with E-state index in [4.69, 9.17) is 5.11 Å². The van der Waals surface area contributed by atoms with E-state index in [1.165, 1.54) is 0 Å². The number of pyridine rings is 1. The Morgan fingerprint density at radius 3 is 2.71 bits per heavy atom. The number of halogens is 1. The molecule has 2 unspecified atom stereocenters. The first kappa shape index (κ1) is 14.1. The van der Waals surface area contributed by atoms with Crippen molar-refractivity contribution in [2.75, 3.05) is 0 Å². The fourth-order valence-electron chi connectivity index (χ4n) is 1.61. The molecule has 0 aliphatic heterocycles. The van der Waals surface area contributed by atoms with Crippen molar-refractivity contribution < 1.29 is 15.0 Å². The number of aliphatic hydroxyl groups excluding tert-OH is 1. The van der Waals surface area contributed by atoms with Crippen LogP contribution in [0.25, 0.3) is 0 Å². The van der Waals surface area contributed by atoms with Crippen molar-refractivity contribution in [1.82, 2.24) is 4.98 Å². The molecule has 0 amide bonds. The fraction of sp³-hybridized carbons (Fsp3) is 0.500. The van der Waals surface area contributed by atoms with Crippen LogP contribution in [0.1, 0.15) is 38.0 Å². The van der Waals surface area contributed by atoms with Crippen LogP contribution < -0.4 is 0 Å². The standard InChI is InChI=1S/C12H16BrNO3/c1-2-3-4-9(12(16)17)11(15)10-6-5-8(13)7-14-10/h5-7,9,11,15H,2-4H2,1H3,(H,16,17). The summed E-state index contributed by atoms with van der Waals surface area (Å²) in [6.07, 6.45) is 2.66. The Bertz CT molecular complexity index is 367. The molecule has 4 nitrogen and oxygen atoms in total. The normalized spacial score (nSPS) is 14.3. The van der Waals surface area contributed by atoms with Gasteiger partial charge in [0.1, 0.15) is 6.10 Å². The molecule has 0 aliphatic carbocycles. The van der Waals surface area contributed by atoms with Crippen LogP contribution in [-0.4, -0.2) is 21.2 Å². The van der Waals surface area contributed by atoms with E-state index >= 15 is 0 Å². The van der Waals surface area contributed by atoms with Gasteiger partial charge in [-0.2, -0.15) is 0 Å². The quantitative estimate of drug-likeness (QED) is 0.847. The molecule has 17 heavy (non-hydrogen) atoms. The lowest BCUT2D eigenvalue weighted by Gasteiger charge is -2.18. The van der Waals surface area contributed by atoms with Crippen molar-refractivity contribution in [3.63, 3.8) is 0 Å². The number of carboxylic acids is 1. The van der Waals surface area contributed by atoms with E-state index in [0.29, 0.717) is 12.1 Å². The van der Waals surface area contributed by atoms with Crippen LogP contribution in [0.2, 0.25) is 0 Å². The van der Waals surface area contributed by atoms with Crippen molar-refractivity contribution in [3.8, 4) is 0 Å². The maximum absolute atomic E-state index is 11.1. The third-order valence-corrected chi connectivity index (χ3v) is 3.09. The molecule has 5 heteroatoms. The minimum absolute atomic E-state index is 0.400. The summed E-state index contributed by atoms with van der Waals surface area (Å²) in [5.74, 6) is -1.76. The molecule has 0 saturated carbocycles. The first-order valence-electron chi connectivity index (χ1n) is 5.58. The summed E-state index contributed by atoms with van der Waals surface area (Å²) in [6, 6.07) is 3.38. The molecular weight excluding hydrogens is 286 g/mol. The van der Waals surface area contributed by atoms with E-state index in [2.05, 4.69) is 20.9 Å². The average molecular weight is 302 g/mol. The van der Waals surface area contributed by atoms with Gasteiger partial charge in [0.15, 0.2) is 0 Å². The number of hydrogen-bond acceptors (Lipinski definition) is 3. The van der Waals surface area contributed by atoms with Gasteiger partial charge in [0.25, 0.3) is 0 Å². The van der Waals surface area contributed by atoms with E-state index in [-0.39, 0.29) is 0 Å². The molecule has 1 aromatic heterocycles. The van der Waals surface area contributed by atoms with Crippen LogP contribution in [0.4, 0.5) is 0 Å². The molecule has 0 aliphatic rings. The van der Waals surface area contributed by atoms with Crippen LogP contribution >= 0.6 is 15.9 Å². The topological polar surface area (TPSA) is 70.4 Å². The minimum Gasteiger partial charge on any atom is -0.481 e. The zero-order chi connectivity index (χ0) is 12.8. The zero-order valence-electron chi connectivity index (χ0n) is 9.64. The summed E-state index contributed by atoms with van der Waals surface area (Å²) < 4.78 is 0.800. The number of hydrogen-bond donors (Lipinski definition) is 2. The predicted molar refractivity (Wildman–Crippen MR) is 67.5 cm³/mol. The van der Waals surface area contributed by atoms with Gasteiger partial charge in [-0.25, -0.2) is 0 Å². The van der Waals surface area contributed by atoms with Gasteiger partial charge in [-0.3, -0.25) is 9.78 Å². The van der Waals surface area contributed by atoms with Crippen molar-refractivity contribution in [2.45, 2.75) is 32.3 Å². The minimum atomic E-state index is -1.05. The number of nitrogens with zero attached hydrogens (tertiary/aromatic N) is 1. The molecule has 94 valence electrons. The lowest BCUT2D eigenvalue weighted by molar-refractivity contribution is -0.146. The van der Waals surface area contributed by atoms with Crippen molar-refractivity contribution in [2.24, 2.45) is 5.92 Å². The smallest absolute Gasteiger partial charge is 0.309 e.